The van der Waals surface area contributed by atoms with Crippen LogP contribution in [0.4, 0.5) is 5.69 Å². The molecule has 0 spiro atoms. The molecule has 1 saturated heterocycles. The average Bonchev–Trinajstić information content (AvgIpc) is 3.58. The molecule has 216 valence electrons. The van der Waals surface area contributed by atoms with Gasteiger partial charge >= 0.3 is 0 Å². The highest BCUT2D eigenvalue weighted by Crippen LogP contribution is 2.40. The molecule has 2 aromatic carbocycles. The number of aryl methyl sites for hydroxylation is 2. The fourth-order valence-corrected chi connectivity index (χ4v) is 6.46. The van der Waals surface area contributed by atoms with Gasteiger partial charge in [-0.15, -0.1) is 0 Å². The van der Waals surface area contributed by atoms with Gasteiger partial charge in [0, 0.05) is 43.5 Å². The van der Waals surface area contributed by atoms with Crippen molar-refractivity contribution >= 4 is 17.9 Å². The first-order valence-electron chi connectivity index (χ1n) is 15.0. The average molecular weight is 557 g/mol. The van der Waals surface area contributed by atoms with Gasteiger partial charge in [0.05, 0.1) is 13.2 Å². The van der Waals surface area contributed by atoms with Crippen molar-refractivity contribution < 1.29 is 24.0 Å². The Morgan fingerprint density at radius 3 is 2.80 bits per heavy atom. The van der Waals surface area contributed by atoms with E-state index in [4.69, 9.17) is 4.74 Å². The summed E-state index contributed by atoms with van der Waals surface area (Å²) in [6.07, 6.45) is 10.2. The Hall–Kier alpha value is -3.71. The number of amides is 1. The summed E-state index contributed by atoms with van der Waals surface area (Å²) in [4.78, 5) is 30.8. The van der Waals surface area contributed by atoms with E-state index >= 15 is 0 Å². The summed E-state index contributed by atoms with van der Waals surface area (Å²) < 4.78 is 7.69. The van der Waals surface area contributed by atoms with Crippen LogP contribution in [0.15, 0.2) is 67.0 Å². The maximum Gasteiger partial charge on any atom is 0.241 e. The lowest BCUT2D eigenvalue weighted by molar-refractivity contribution is -0.670. The molecule has 2 aliphatic rings. The number of aldehydes is 1. The number of anilines is 1. The fourth-order valence-electron chi connectivity index (χ4n) is 6.46. The molecule has 0 unspecified atom stereocenters. The van der Waals surface area contributed by atoms with Crippen molar-refractivity contribution in [2.45, 2.75) is 57.4 Å². The van der Waals surface area contributed by atoms with E-state index in [1.54, 1.807) is 6.07 Å². The van der Waals surface area contributed by atoms with Gasteiger partial charge < -0.3 is 19.5 Å². The maximum atomic E-state index is 13.9. The minimum atomic E-state index is -0.217. The SMILES string of the molecule is CCCCN(C(=O)CN1C[C@H](c2ccc3c(c2)CCO3)[C@@H](C=O)[C@@H]1CCCc1ccccc1O)c1ccc[n+](C)c1. The summed E-state index contributed by atoms with van der Waals surface area (Å²) in [6.45, 7) is 4.41. The van der Waals surface area contributed by atoms with Crippen LogP contribution in [-0.4, -0.2) is 54.5 Å². The molecule has 3 heterocycles. The number of benzene rings is 2. The fraction of sp³-hybridized carbons (Fsp3) is 0.441. The number of para-hydroxylation sites is 1. The van der Waals surface area contributed by atoms with Crippen LogP contribution in [0, 0.1) is 5.92 Å². The molecule has 41 heavy (non-hydrogen) atoms. The summed E-state index contributed by atoms with van der Waals surface area (Å²) in [5.74, 6) is 1.09. The standard InChI is InChI=1S/C34H41N3O4/c1-3-4-18-37(28-11-8-17-35(2)21-28)34(40)23-36-22-29(26-14-15-33-27(20-26)16-19-41-33)30(24-38)31(36)12-7-10-25-9-5-6-13-32(25)39/h5-6,8-9,11,13-15,17,20-21,24,29-31H,3-4,7,10,12,16,18-19,22-23H2,1-2H3/p+1/t29-,30-,31+/m1/s1. The van der Waals surface area contributed by atoms with Crippen LogP contribution in [-0.2, 0) is 29.5 Å². The topological polar surface area (TPSA) is 74.0 Å². The van der Waals surface area contributed by atoms with Crippen molar-refractivity contribution in [3.05, 3.63) is 83.7 Å². The van der Waals surface area contributed by atoms with Gasteiger partial charge in [0.1, 0.15) is 30.5 Å². The highest BCUT2D eigenvalue weighted by atomic mass is 16.5. The van der Waals surface area contributed by atoms with Crippen LogP contribution in [0.5, 0.6) is 11.5 Å². The summed E-state index contributed by atoms with van der Waals surface area (Å²) in [7, 11) is 1.97. The maximum absolute atomic E-state index is 13.9. The third-order valence-electron chi connectivity index (χ3n) is 8.66. The van der Waals surface area contributed by atoms with Crippen molar-refractivity contribution in [2.75, 3.05) is 31.1 Å². The van der Waals surface area contributed by atoms with Gasteiger partial charge in [-0.25, -0.2) is 4.57 Å². The second kappa shape index (κ2) is 13.3. The lowest BCUT2D eigenvalue weighted by Gasteiger charge is -2.29. The number of hydrogen-bond acceptors (Lipinski definition) is 5. The van der Waals surface area contributed by atoms with E-state index in [9.17, 15) is 14.7 Å². The van der Waals surface area contributed by atoms with Crippen LogP contribution < -0.4 is 14.2 Å². The van der Waals surface area contributed by atoms with E-state index in [0.29, 0.717) is 25.4 Å². The van der Waals surface area contributed by atoms with Gasteiger partial charge in [-0.3, -0.25) is 9.69 Å². The van der Waals surface area contributed by atoms with Gasteiger partial charge in [0.25, 0.3) is 0 Å². The van der Waals surface area contributed by atoms with Gasteiger partial charge in [-0.1, -0.05) is 43.7 Å². The molecule has 7 heteroatoms. The number of fused-ring (bicyclic) bond motifs is 1. The molecular weight excluding hydrogens is 514 g/mol. The molecule has 0 aliphatic carbocycles. The number of aromatic nitrogens is 1. The van der Waals surface area contributed by atoms with Crippen LogP contribution in [0.25, 0.3) is 0 Å². The highest BCUT2D eigenvalue weighted by molar-refractivity contribution is 5.94. The van der Waals surface area contributed by atoms with Crippen LogP contribution in [0.1, 0.15) is 55.2 Å². The number of nitrogens with zero attached hydrogens (tertiary/aromatic N) is 3. The number of carbonyl (C=O) groups is 2. The van der Waals surface area contributed by atoms with Crippen molar-refractivity contribution in [3.8, 4) is 11.5 Å². The Morgan fingerprint density at radius 2 is 2.02 bits per heavy atom. The summed E-state index contributed by atoms with van der Waals surface area (Å²) >= 11 is 0. The lowest BCUT2D eigenvalue weighted by atomic mass is 9.84. The number of likely N-dealkylation sites (tertiary alicyclic amines) is 1. The van der Waals surface area contributed by atoms with Crippen molar-refractivity contribution in [2.24, 2.45) is 13.0 Å². The van der Waals surface area contributed by atoms with Crippen molar-refractivity contribution in [3.63, 3.8) is 0 Å². The monoisotopic (exact) mass is 556 g/mol. The number of carbonyl (C=O) groups excluding carboxylic acids is 2. The molecule has 0 radical (unpaired) electrons. The van der Waals surface area contributed by atoms with E-state index < -0.39 is 0 Å². The molecule has 0 saturated carbocycles. The van der Waals surface area contributed by atoms with Gasteiger partial charge in [0.2, 0.25) is 5.91 Å². The molecule has 1 fully saturated rings. The van der Waals surface area contributed by atoms with Crippen molar-refractivity contribution in [1.82, 2.24) is 4.90 Å². The molecule has 7 nitrogen and oxygen atoms in total. The molecular formula is C34H42N3O4+. The first-order valence-corrected chi connectivity index (χ1v) is 15.0. The number of ether oxygens (including phenoxy) is 1. The number of hydrogen-bond donors (Lipinski definition) is 1. The minimum Gasteiger partial charge on any atom is -0.508 e. The van der Waals surface area contributed by atoms with Crippen LogP contribution in [0.2, 0.25) is 0 Å². The molecule has 0 bridgehead atoms. The Kier molecular flexibility index (Phi) is 9.35. The zero-order chi connectivity index (χ0) is 28.8. The Balaban J connectivity index is 1.39. The van der Waals surface area contributed by atoms with Crippen LogP contribution >= 0.6 is 0 Å². The van der Waals surface area contributed by atoms with E-state index in [1.807, 2.05) is 65.3 Å². The predicted molar refractivity (Wildman–Crippen MR) is 159 cm³/mol. The van der Waals surface area contributed by atoms with Crippen molar-refractivity contribution in [1.29, 1.82) is 0 Å². The van der Waals surface area contributed by atoms with E-state index in [1.165, 1.54) is 5.56 Å². The Morgan fingerprint density at radius 1 is 1.17 bits per heavy atom. The number of rotatable bonds is 12. The largest absolute Gasteiger partial charge is 0.508 e. The minimum absolute atomic E-state index is 0.0138. The molecule has 3 atom stereocenters. The first-order chi connectivity index (χ1) is 20.0. The summed E-state index contributed by atoms with van der Waals surface area (Å²) in [5.41, 5.74) is 4.14. The zero-order valence-electron chi connectivity index (χ0n) is 24.2. The second-order valence-electron chi connectivity index (χ2n) is 11.4. The summed E-state index contributed by atoms with van der Waals surface area (Å²) in [6, 6.07) is 17.6. The van der Waals surface area contributed by atoms with E-state index in [0.717, 1.165) is 67.4 Å². The Labute approximate surface area is 243 Å². The number of aromatic hydroxyl groups is 1. The summed E-state index contributed by atoms with van der Waals surface area (Å²) in [5, 5.41) is 10.3. The Bertz CT molecular complexity index is 1360. The number of unbranched alkanes of at least 4 members (excludes halogenated alkanes) is 1. The number of phenolic OH excluding ortho intramolecular Hbond substituents is 1. The molecule has 2 aliphatic heterocycles. The van der Waals surface area contributed by atoms with Gasteiger partial charge in [-0.2, -0.15) is 0 Å². The molecule has 3 aromatic rings. The van der Waals surface area contributed by atoms with Gasteiger partial charge in [-0.05, 0) is 60.6 Å². The third kappa shape index (κ3) is 6.62. The molecule has 1 amide bonds. The third-order valence-corrected chi connectivity index (χ3v) is 8.66. The first kappa shape index (κ1) is 28.8. The van der Waals surface area contributed by atoms with E-state index in [-0.39, 0.29) is 30.3 Å². The second-order valence-corrected chi connectivity index (χ2v) is 11.4. The number of pyridine rings is 1. The smallest absolute Gasteiger partial charge is 0.241 e. The molecule has 1 N–H and O–H groups in total. The quantitative estimate of drug-likeness (QED) is 0.261. The highest BCUT2D eigenvalue weighted by Gasteiger charge is 2.43. The van der Waals surface area contributed by atoms with Crippen LogP contribution in [0.3, 0.4) is 0 Å². The van der Waals surface area contributed by atoms with Gasteiger partial charge in [0.15, 0.2) is 12.4 Å². The molecule has 1 aromatic heterocycles. The predicted octanol–water partition coefficient (Wildman–Crippen LogP) is 4.59. The molecule has 5 rings (SSSR count). The van der Waals surface area contributed by atoms with E-state index in [2.05, 4.69) is 24.0 Å². The normalized spacial score (nSPS) is 20.0. The number of phenols is 1. The zero-order valence-corrected chi connectivity index (χ0v) is 24.2. The lowest BCUT2D eigenvalue weighted by Crippen LogP contribution is -2.44.